The lowest BCUT2D eigenvalue weighted by atomic mass is 10.1. The van der Waals surface area contributed by atoms with E-state index in [0.717, 1.165) is 58.4 Å². The van der Waals surface area contributed by atoms with Gasteiger partial charge in [-0.2, -0.15) is 0 Å². The van der Waals surface area contributed by atoms with E-state index in [1.807, 2.05) is 0 Å². The molecule has 0 aromatic rings. The fourth-order valence-electron chi connectivity index (χ4n) is 2.33. The van der Waals surface area contributed by atoms with Gasteiger partial charge in [-0.25, -0.2) is 0 Å². The number of amides is 1. The maximum Gasteiger partial charge on any atom is 0.220 e. The van der Waals surface area contributed by atoms with Gasteiger partial charge in [0.15, 0.2) is 0 Å². The molecular weight excluding hydrogens is 306 g/mol. The van der Waals surface area contributed by atoms with E-state index in [9.17, 15) is 9.59 Å². The van der Waals surface area contributed by atoms with Gasteiger partial charge in [0.2, 0.25) is 5.91 Å². The number of Topliss-reactive ketones (excluding diaryl/α,β-unsaturated/α-hetero) is 1. The van der Waals surface area contributed by atoms with Gasteiger partial charge < -0.3 is 27.0 Å². The van der Waals surface area contributed by atoms with Crippen molar-refractivity contribution in [3.8, 4) is 0 Å². The third-order valence-corrected chi connectivity index (χ3v) is 3.87. The van der Waals surface area contributed by atoms with Gasteiger partial charge in [-0.15, -0.1) is 0 Å². The zero-order chi connectivity index (χ0) is 18.0. The highest BCUT2D eigenvalue weighted by Crippen LogP contribution is 1.98. The Morgan fingerprint density at radius 3 is 2.04 bits per heavy atom. The van der Waals surface area contributed by atoms with E-state index in [2.05, 4.69) is 21.3 Å². The van der Waals surface area contributed by atoms with Crippen LogP contribution in [0, 0.1) is 0 Å². The summed E-state index contributed by atoms with van der Waals surface area (Å²) >= 11 is 0. The van der Waals surface area contributed by atoms with Gasteiger partial charge in [0.05, 0.1) is 6.04 Å². The number of nitrogens with two attached hydrogens (primary N) is 1. The zero-order valence-corrected chi connectivity index (χ0v) is 15.5. The largest absolute Gasteiger partial charge is 0.356 e. The van der Waals surface area contributed by atoms with Crippen LogP contribution in [0.1, 0.15) is 45.4 Å². The molecule has 1 amide bonds. The SMILES string of the molecule is CNC(CCC(=O)NCCCNCCCCNCCCN)C(C)=O. The maximum absolute atomic E-state index is 11.7. The van der Waals surface area contributed by atoms with Crippen LogP contribution < -0.4 is 27.0 Å². The van der Waals surface area contributed by atoms with Crippen LogP contribution in [0.5, 0.6) is 0 Å². The number of carbonyl (C=O) groups is 2. The molecule has 0 radical (unpaired) electrons. The molecule has 0 fully saturated rings. The quantitative estimate of drug-likeness (QED) is 0.233. The summed E-state index contributed by atoms with van der Waals surface area (Å²) in [5.41, 5.74) is 5.42. The van der Waals surface area contributed by atoms with Crippen LogP contribution in [-0.4, -0.2) is 64.0 Å². The van der Waals surface area contributed by atoms with Crippen molar-refractivity contribution in [1.82, 2.24) is 21.3 Å². The number of ketones is 1. The van der Waals surface area contributed by atoms with Gasteiger partial charge in [0.1, 0.15) is 5.78 Å². The molecule has 142 valence electrons. The van der Waals surface area contributed by atoms with Gasteiger partial charge in [0.25, 0.3) is 0 Å². The van der Waals surface area contributed by atoms with Crippen LogP contribution in [0.4, 0.5) is 0 Å². The molecule has 0 aromatic carbocycles. The van der Waals surface area contributed by atoms with Gasteiger partial charge in [-0.1, -0.05) is 0 Å². The topological polar surface area (TPSA) is 108 Å². The highest BCUT2D eigenvalue weighted by Gasteiger charge is 2.12. The molecule has 7 heteroatoms. The highest BCUT2D eigenvalue weighted by molar-refractivity contribution is 5.82. The van der Waals surface area contributed by atoms with Crippen molar-refractivity contribution in [3.05, 3.63) is 0 Å². The van der Waals surface area contributed by atoms with Crippen LogP contribution in [0.3, 0.4) is 0 Å². The first-order valence-corrected chi connectivity index (χ1v) is 9.17. The van der Waals surface area contributed by atoms with Gasteiger partial charge >= 0.3 is 0 Å². The maximum atomic E-state index is 11.7. The summed E-state index contributed by atoms with van der Waals surface area (Å²) < 4.78 is 0. The van der Waals surface area contributed by atoms with Crippen molar-refractivity contribution in [1.29, 1.82) is 0 Å². The molecular formula is C17H37N5O2. The molecule has 24 heavy (non-hydrogen) atoms. The number of hydrogen-bond donors (Lipinski definition) is 5. The molecule has 1 unspecified atom stereocenters. The Morgan fingerprint density at radius 2 is 1.50 bits per heavy atom. The predicted octanol–water partition coefficient (Wildman–Crippen LogP) is -0.242. The van der Waals surface area contributed by atoms with Crippen LogP contribution >= 0.6 is 0 Å². The van der Waals surface area contributed by atoms with Crippen molar-refractivity contribution in [2.24, 2.45) is 5.73 Å². The number of carbonyl (C=O) groups excluding carboxylic acids is 2. The Hall–Kier alpha value is -1.02. The van der Waals surface area contributed by atoms with Crippen molar-refractivity contribution < 1.29 is 9.59 Å². The molecule has 0 bridgehead atoms. The second kappa shape index (κ2) is 16.8. The van der Waals surface area contributed by atoms with Gasteiger partial charge in [-0.05, 0) is 78.8 Å². The molecule has 0 aliphatic carbocycles. The fourth-order valence-corrected chi connectivity index (χ4v) is 2.33. The Morgan fingerprint density at radius 1 is 0.917 bits per heavy atom. The first-order chi connectivity index (χ1) is 11.6. The van der Waals surface area contributed by atoms with E-state index in [1.54, 1.807) is 14.0 Å². The minimum atomic E-state index is -0.220. The van der Waals surface area contributed by atoms with E-state index in [-0.39, 0.29) is 17.7 Å². The molecule has 0 heterocycles. The van der Waals surface area contributed by atoms with Crippen molar-refractivity contribution in [2.45, 2.75) is 51.5 Å². The Kier molecular flexibility index (Phi) is 16.1. The first kappa shape index (κ1) is 23.0. The van der Waals surface area contributed by atoms with E-state index in [1.165, 1.54) is 0 Å². The predicted molar refractivity (Wildman–Crippen MR) is 99.0 cm³/mol. The van der Waals surface area contributed by atoms with Crippen molar-refractivity contribution >= 4 is 11.7 Å². The average Bonchev–Trinajstić information content (AvgIpc) is 2.56. The number of unbranched alkanes of at least 4 members (excludes halogenated alkanes) is 1. The molecule has 6 N–H and O–H groups in total. The number of hydrogen-bond acceptors (Lipinski definition) is 6. The van der Waals surface area contributed by atoms with E-state index in [0.29, 0.717) is 19.4 Å². The lowest BCUT2D eigenvalue weighted by molar-refractivity contribution is -0.122. The van der Waals surface area contributed by atoms with E-state index < -0.39 is 0 Å². The molecule has 0 aromatic heterocycles. The first-order valence-electron chi connectivity index (χ1n) is 9.17. The fraction of sp³-hybridized carbons (Fsp3) is 0.882. The summed E-state index contributed by atoms with van der Waals surface area (Å²) in [5, 5.41) is 12.6. The smallest absolute Gasteiger partial charge is 0.220 e. The Balaban J connectivity index is 3.32. The lowest BCUT2D eigenvalue weighted by Gasteiger charge is -2.12. The average molecular weight is 344 g/mol. The van der Waals surface area contributed by atoms with E-state index in [4.69, 9.17) is 5.73 Å². The molecule has 0 aliphatic rings. The summed E-state index contributed by atoms with van der Waals surface area (Å²) in [4.78, 5) is 22.9. The molecule has 0 aliphatic heterocycles. The van der Waals surface area contributed by atoms with Crippen LogP contribution in [0.25, 0.3) is 0 Å². The van der Waals surface area contributed by atoms with Crippen LogP contribution in [0.2, 0.25) is 0 Å². The van der Waals surface area contributed by atoms with Gasteiger partial charge in [-0.3, -0.25) is 9.59 Å². The summed E-state index contributed by atoms with van der Waals surface area (Å²) in [6.07, 6.45) is 5.21. The van der Waals surface area contributed by atoms with Crippen LogP contribution in [-0.2, 0) is 9.59 Å². The molecule has 1 atom stereocenters. The second-order valence-electron chi connectivity index (χ2n) is 6.04. The van der Waals surface area contributed by atoms with E-state index >= 15 is 0 Å². The zero-order valence-electron chi connectivity index (χ0n) is 15.5. The normalized spacial score (nSPS) is 12.1. The number of rotatable bonds is 17. The Bertz CT molecular complexity index is 326. The lowest BCUT2D eigenvalue weighted by Crippen LogP contribution is -2.34. The summed E-state index contributed by atoms with van der Waals surface area (Å²) in [7, 11) is 1.74. The third-order valence-electron chi connectivity index (χ3n) is 3.87. The summed E-state index contributed by atoms with van der Waals surface area (Å²) in [6, 6.07) is -0.220. The monoisotopic (exact) mass is 343 g/mol. The number of nitrogens with one attached hydrogen (secondary N) is 4. The molecule has 0 saturated carbocycles. The summed E-state index contributed by atoms with van der Waals surface area (Å²) in [5.74, 6) is 0.0872. The third kappa shape index (κ3) is 14.6. The minimum absolute atomic E-state index is 0.0139. The molecule has 7 nitrogen and oxygen atoms in total. The standard InChI is InChI=1S/C17H37N5O2/c1-15(23)16(19-2)7-8-17(24)22-14-6-13-21-11-4-3-10-20-12-5-9-18/h16,19-21H,3-14,18H2,1-2H3,(H,22,24). The Labute approximate surface area is 146 Å². The molecule has 0 saturated heterocycles. The summed E-state index contributed by atoms with van der Waals surface area (Å²) in [6.45, 7) is 6.94. The van der Waals surface area contributed by atoms with Crippen LogP contribution in [0.15, 0.2) is 0 Å². The van der Waals surface area contributed by atoms with Gasteiger partial charge in [0, 0.05) is 13.0 Å². The number of likely N-dealkylation sites (N-methyl/N-ethyl adjacent to an activating group) is 1. The highest BCUT2D eigenvalue weighted by atomic mass is 16.1. The minimum Gasteiger partial charge on any atom is -0.356 e. The second-order valence-corrected chi connectivity index (χ2v) is 6.04. The molecule has 0 spiro atoms. The van der Waals surface area contributed by atoms with Crippen molar-refractivity contribution in [3.63, 3.8) is 0 Å². The van der Waals surface area contributed by atoms with Crippen molar-refractivity contribution in [2.75, 3.05) is 46.3 Å². The molecule has 0 rings (SSSR count).